The van der Waals surface area contributed by atoms with E-state index in [0.717, 1.165) is 42.0 Å². The van der Waals surface area contributed by atoms with Gasteiger partial charge in [-0.1, -0.05) is 18.2 Å². The predicted octanol–water partition coefficient (Wildman–Crippen LogP) is 3.75. The molecule has 178 valence electrons. The first kappa shape index (κ1) is 24.4. The molecule has 0 bridgehead atoms. The Morgan fingerprint density at radius 3 is 2.59 bits per heavy atom. The summed E-state index contributed by atoms with van der Waals surface area (Å²) in [6, 6.07) is 18.5. The highest BCUT2D eigenvalue weighted by molar-refractivity contribution is 7.93. The molecule has 0 saturated carbocycles. The van der Waals surface area contributed by atoms with Crippen molar-refractivity contribution in [2.45, 2.75) is 0 Å². The summed E-state index contributed by atoms with van der Waals surface area (Å²) in [5.74, 6) is 0. The summed E-state index contributed by atoms with van der Waals surface area (Å²) in [4.78, 5) is 6.18. The van der Waals surface area contributed by atoms with Gasteiger partial charge in [0.2, 0.25) is 0 Å². The molecule has 1 saturated heterocycles. The van der Waals surface area contributed by atoms with Crippen molar-refractivity contribution in [3.8, 4) is 16.5 Å². The van der Waals surface area contributed by atoms with Gasteiger partial charge >= 0.3 is 0 Å². The number of benzene rings is 2. The molecule has 0 radical (unpaired) electrons. The molecule has 0 spiro atoms. The van der Waals surface area contributed by atoms with Crippen molar-refractivity contribution in [2.75, 3.05) is 58.4 Å². The summed E-state index contributed by atoms with van der Waals surface area (Å²) in [6.45, 7) is 4.57. The van der Waals surface area contributed by atoms with E-state index >= 15 is 0 Å². The van der Waals surface area contributed by atoms with Crippen LogP contribution >= 0.6 is 11.3 Å². The second-order valence-corrected chi connectivity index (χ2v) is 11.1. The van der Waals surface area contributed by atoms with E-state index in [1.807, 2.05) is 12.1 Å². The number of hydrogen-bond donors (Lipinski definition) is 1. The smallest absolute Gasteiger partial charge is 0.250 e. The van der Waals surface area contributed by atoms with Crippen LogP contribution in [0, 0.1) is 11.3 Å². The number of ether oxygens (including phenoxy) is 1. The molecule has 9 heteroatoms. The van der Waals surface area contributed by atoms with Gasteiger partial charge in [-0.2, -0.15) is 5.26 Å². The Morgan fingerprint density at radius 2 is 1.85 bits per heavy atom. The van der Waals surface area contributed by atoms with E-state index in [1.54, 1.807) is 6.07 Å². The van der Waals surface area contributed by atoms with E-state index in [9.17, 15) is 13.7 Å². The Labute approximate surface area is 204 Å². The SMILES string of the molecule is COCCNS(=O)(=O)/C(C#N)=C/c1ccc(-c2ccc3cc(N4CCN(C)CC4)ccc3c2)s1. The highest BCUT2D eigenvalue weighted by Crippen LogP contribution is 2.33. The molecule has 7 nitrogen and oxygen atoms in total. The molecule has 0 aliphatic carbocycles. The molecule has 1 fully saturated rings. The maximum atomic E-state index is 12.4. The lowest BCUT2D eigenvalue weighted by atomic mass is 10.0. The Hall–Kier alpha value is -2.74. The average Bonchev–Trinajstić information content (AvgIpc) is 3.31. The Kier molecular flexibility index (Phi) is 7.66. The number of hydrogen-bond acceptors (Lipinski definition) is 7. The monoisotopic (exact) mass is 496 g/mol. The Balaban J connectivity index is 1.54. The van der Waals surface area contributed by atoms with Crippen LogP contribution in [-0.2, 0) is 14.8 Å². The van der Waals surface area contributed by atoms with Gasteiger partial charge in [-0.05, 0) is 59.8 Å². The lowest BCUT2D eigenvalue weighted by Gasteiger charge is -2.34. The average molecular weight is 497 g/mol. The Bertz CT molecular complexity index is 1330. The van der Waals surface area contributed by atoms with Crippen molar-refractivity contribution in [2.24, 2.45) is 0 Å². The van der Waals surface area contributed by atoms with E-state index < -0.39 is 10.0 Å². The zero-order valence-electron chi connectivity index (χ0n) is 19.3. The van der Waals surface area contributed by atoms with Crippen LogP contribution in [0.4, 0.5) is 5.69 Å². The number of piperazine rings is 1. The topological polar surface area (TPSA) is 85.7 Å². The van der Waals surface area contributed by atoms with Crippen LogP contribution < -0.4 is 9.62 Å². The van der Waals surface area contributed by atoms with Crippen molar-refractivity contribution >= 4 is 43.9 Å². The summed E-state index contributed by atoms with van der Waals surface area (Å²) < 4.78 is 32.0. The summed E-state index contributed by atoms with van der Waals surface area (Å²) in [5, 5.41) is 11.7. The number of nitrogens with zero attached hydrogens (tertiary/aromatic N) is 3. The first-order valence-electron chi connectivity index (χ1n) is 11.1. The number of allylic oxidation sites excluding steroid dienone is 1. The van der Waals surface area contributed by atoms with E-state index in [2.05, 4.69) is 58.0 Å². The molecule has 0 atom stereocenters. The summed E-state index contributed by atoms with van der Waals surface area (Å²) >= 11 is 1.45. The molecule has 1 aliphatic rings. The normalized spacial score (nSPS) is 15.6. The second kappa shape index (κ2) is 10.7. The number of likely N-dealkylation sites (N-methyl/N-ethyl adjacent to an activating group) is 1. The standard InChI is InChI=1S/C25H28N4O3S2/c1-28-10-12-29(13-11-28)22-6-5-19-15-21(4-3-20(19)16-22)25-8-7-23(33-25)17-24(18-26)34(30,31)27-9-14-32-2/h3-8,15-17,27H,9-14H2,1-2H3/b24-17+. The third kappa shape index (κ3) is 5.66. The molecule has 0 unspecified atom stereocenters. The highest BCUT2D eigenvalue weighted by Gasteiger charge is 2.18. The number of nitriles is 1. The molecule has 3 aromatic rings. The molecule has 4 rings (SSSR count). The summed E-state index contributed by atoms with van der Waals surface area (Å²) in [7, 11) is -0.228. The van der Waals surface area contributed by atoms with E-state index in [4.69, 9.17) is 4.74 Å². The number of sulfonamides is 1. The van der Waals surface area contributed by atoms with E-state index in [0.29, 0.717) is 4.88 Å². The van der Waals surface area contributed by atoms with Gasteiger partial charge in [0, 0.05) is 55.3 Å². The summed E-state index contributed by atoms with van der Waals surface area (Å²) in [6.07, 6.45) is 1.41. The largest absolute Gasteiger partial charge is 0.383 e. The number of nitrogens with one attached hydrogen (secondary N) is 1. The van der Waals surface area contributed by atoms with Gasteiger partial charge in [-0.3, -0.25) is 0 Å². The van der Waals surface area contributed by atoms with Crippen molar-refractivity contribution in [3.05, 3.63) is 58.3 Å². The van der Waals surface area contributed by atoms with Crippen LogP contribution in [-0.4, -0.2) is 66.8 Å². The fraction of sp³-hybridized carbons (Fsp3) is 0.320. The Morgan fingerprint density at radius 1 is 1.12 bits per heavy atom. The van der Waals surface area contributed by atoms with Crippen LogP contribution in [0.15, 0.2) is 53.4 Å². The third-order valence-corrected chi connectivity index (χ3v) is 8.33. The minimum Gasteiger partial charge on any atom is -0.383 e. The molecule has 1 aromatic heterocycles. The molecule has 34 heavy (non-hydrogen) atoms. The number of thiophene rings is 1. The molecular formula is C25H28N4O3S2. The molecule has 1 aliphatic heterocycles. The van der Waals surface area contributed by atoms with Gasteiger partial charge in [0.25, 0.3) is 10.0 Å². The number of anilines is 1. The zero-order valence-corrected chi connectivity index (χ0v) is 21.0. The van der Waals surface area contributed by atoms with Crippen LogP contribution in [0.2, 0.25) is 0 Å². The molecule has 0 amide bonds. The van der Waals surface area contributed by atoms with Gasteiger partial charge in [0.05, 0.1) is 6.61 Å². The molecule has 2 heterocycles. The predicted molar refractivity (Wildman–Crippen MR) is 139 cm³/mol. The third-order valence-electron chi connectivity index (χ3n) is 5.87. The first-order valence-corrected chi connectivity index (χ1v) is 13.4. The van der Waals surface area contributed by atoms with Crippen LogP contribution in [0.1, 0.15) is 4.88 Å². The van der Waals surface area contributed by atoms with Crippen molar-refractivity contribution in [1.82, 2.24) is 9.62 Å². The maximum Gasteiger partial charge on any atom is 0.250 e. The molecular weight excluding hydrogens is 468 g/mol. The number of methoxy groups -OCH3 is 1. The van der Waals surface area contributed by atoms with Crippen LogP contribution in [0.3, 0.4) is 0 Å². The summed E-state index contributed by atoms with van der Waals surface area (Å²) in [5.41, 5.74) is 2.31. The molecule has 1 N–H and O–H groups in total. The zero-order chi connectivity index (χ0) is 24.1. The first-order chi connectivity index (χ1) is 16.4. The highest BCUT2D eigenvalue weighted by atomic mass is 32.2. The molecule has 2 aromatic carbocycles. The van der Waals surface area contributed by atoms with Gasteiger partial charge in [0.15, 0.2) is 4.91 Å². The quantitative estimate of drug-likeness (QED) is 0.378. The van der Waals surface area contributed by atoms with Gasteiger partial charge < -0.3 is 14.5 Å². The fourth-order valence-corrected chi connectivity index (χ4v) is 5.82. The number of rotatable bonds is 8. The van der Waals surface area contributed by atoms with Crippen molar-refractivity contribution < 1.29 is 13.2 Å². The van der Waals surface area contributed by atoms with Gasteiger partial charge in [-0.25, -0.2) is 13.1 Å². The fourth-order valence-electron chi connectivity index (χ4n) is 3.89. The van der Waals surface area contributed by atoms with E-state index in [1.165, 1.54) is 35.6 Å². The van der Waals surface area contributed by atoms with Crippen molar-refractivity contribution in [1.29, 1.82) is 5.26 Å². The lowest BCUT2D eigenvalue weighted by molar-refractivity contribution is 0.204. The van der Waals surface area contributed by atoms with Crippen LogP contribution in [0.25, 0.3) is 27.3 Å². The van der Waals surface area contributed by atoms with Gasteiger partial charge in [-0.15, -0.1) is 11.3 Å². The second-order valence-electron chi connectivity index (χ2n) is 8.25. The van der Waals surface area contributed by atoms with E-state index in [-0.39, 0.29) is 18.1 Å². The van der Waals surface area contributed by atoms with Crippen molar-refractivity contribution in [3.63, 3.8) is 0 Å². The number of fused-ring (bicyclic) bond motifs is 1. The van der Waals surface area contributed by atoms with Gasteiger partial charge in [0.1, 0.15) is 6.07 Å². The van der Waals surface area contributed by atoms with Crippen LogP contribution in [0.5, 0.6) is 0 Å². The minimum absolute atomic E-state index is 0.112. The lowest BCUT2D eigenvalue weighted by Crippen LogP contribution is -2.44. The maximum absolute atomic E-state index is 12.4. The minimum atomic E-state index is -3.87.